The summed E-state index contributed by atoms with van der Waals surface area (Å²) in [7, 11) is 0.205. The van der Waals surface area contributed by atoms with Crippen LogP contribution in [0.15, 0.2) is 55.7 Å². The molecule has 1 aromatic carbocycles. The lowest BCUT2D eigenvalue weighted by atomic mass is 10.1. The topological polar surface area (TPSA) is 87.3 Å². The van der Waals surface area contributed by atoms with Gasteiger partial charge in [-0.1, -0.05) is 30.3 Å². The Morgan fingerprint density at radius 3 is 2.56 bits per heavy atom. The van der Waals surface area contributed by atoms with Crippen molar-refractivity contribution in [3.63, 3.8) is 0 Å². The Labute approximate surface area is 163 Å². The maximum Gasteiger partial charge on any atom is 0.365 e. The minimum absolute atomic E-state index is 0.299. The molecule has 2 heterocycles. The molecule has 27 heavy (non-hydrogen) atoms. The van der Waals surface area contributed by atoms with Gasteiger partial charge in [-0.3, -0.25) is 0 Å². The standard InChI is InChI=1S/C18H22N4O3S2/c1-22(2)12-15-8-9-16(25-15)13-26-11-10-19-18-17(20-27(23,24)21-18)14-6-4-3-5-7-14/h3-9H,10-13H2,1-2H3,(H,19,21). The van der Waals surface area contributed by atoms with Crippen molar-refractivity contribution in [2.45, 2.75) is 12.3 Å². The van der Waals surface area contributed by atoms with Crippen LogP contribution in [0, 0.1) is 0 Å². The fourth-order valence-electron chi connectivity index (χ4n) is 2.55. The Morgan fingerprint density at radius 2 is 1.81 bits per heavy atom. The highest BCUT2D eigenvalue weighted by atomic mass is 32.2. The first-order chi connectivity index (χ1) is 12.9. The molecular weight excluding hydrogens is 384 g/mol. The fraction of sp³-hybridized carbons (Fsp3) is 0.333. The van der Waals surface area contributed by atoms with Gasteiger partial charge >= 0.3 is 10.2 Å². The first-order valence-corrected chi connectivity index (χ1v) is 11.0. The zero-order valence-electron chi connectivity index (χ0n) is 15.3. The van der Waals surface area contributed by atoms with Gasteiger partial charge in [0.25, 0.3) is 0 Å². The molecule has 0 unspecified atom stereocenters. The normalized spacial score (nSPS) is 15.7. The first kappa shape index (κ1) is 19.7. The molecule has 1 aliphatic heterocycles. The maximum absolute atomic E-state index is 11.7. The van der Waals surface area contributed by atoms with Crippen molar-refractivity contribution in [3.05, 3.63) is 59.5 Å². The van der Waals surface area contributed by atoms with Crippen LogP contribution in [0.4, 0.5) is 0 Å². The number of nitrogens with one attached hydrogen (secondary N) is 1. The van der Waals surface area contributed by atoms with E-state index in [-0.39, 0.29) is 0 Å². The molecule has 0 aliphatic carbocycles. The monoisotopic (exact) mass is 406 g/mol. The summed E-state index contributed by atoms with van der Waals surface area (Å²) in [5.74, 6) is 3.73. The number of hydrogen-bond acceptors (Lipinski definition) is 6. The van der Waals surface area contributed by atoms with Gasteiger partial charge in [0.1, 0.15) is 17.2 Å². The van der Waals surface area contributed by atoms with Gasteiger partial charge in [-0.25, -0.2) is 0 Å². The number of benzene rings is 1. The summed E-state index contributed by atoms with van der Waals surface area (Å²) >= 11 is 1.70. The van der Waals surface area contributed by atoms with E-state index in [4.69, 9.17) is 4.42 Å². The van der Waals surface area contributed by atoms with E-state index in [1.54, 1.807) is 11.8 Å². The Balaban J connectivity index is 1.48. The van der Waals surface area contributed by atoms with Crippen LogP contribution < -0.4 is 5.32 Å². The van der Waals surface area contributed by atoms with E-state index >= 15 is 0 Å². The Bertz CT molecular complexity index is 935. The predicted octanol–water partition coefficient (Wildman–Crippen LogP) is 2.31. The third-order valence-corrected chi connectivity index (χ3v) is 5.47. The minimum atomic E-state index is -3.80. The van der Waals surface area contributed by atoms with Gasteiger partial charge in [0.2, 0.25) is 0 Å². The highest BCUT2D eigenvalue weighted by molar-refractivity contribution is 7.98. The fourth-order valence-corrected chi connectivity index (χ4v) is 4.14. The molecule has 0 fully saturated rings. The third-order valence-electron chi connectivity index (χ3n) is 3.66. The van der Waals surface area contributed by atoms with E-state index in [2.05, 4.69) is 19.0 Å². The van der Waals surface area contributed by atoms with Gasteiger partial charge in [0, 0.05) is 17.9 Å². The maximum atomic E-state index is 11.7. The molecule has 0 radical (unpaired) electrons. The first-order valence-electron chi connectivity index (χ1n) is 8.47. The van der Waals surface area contributed by atoms with Gasteiger partial charge < -0.3 is 14.6 Å². The number of hydrogen-bond donors (Lipinski definition) is 1. The number of rotatable bonds is 8. The summed E-state index contributed by atoms with van der Waals surface area (Å²) in [6.45, 7) is 1.36. The van der Waals surface area contributed by atoms with Crippen LogP contribution in [-0.4, -0.2) is 51.3 Å². The van der Waals surface area contributed by atoms with Crippen molar-refractivity contribution in [2.24, 2.45) is 8.80 Å². The quantitative estimate of drug-likeness (QED) is 0.677. The summed E-state index contributed by atoms with van der Waals surface area (Å²) < 4.78 is 36.7. The average Bonchev–Trinajstić information content (AvgIpc) is 3.18. The molecule has 144 valence electrons. The molecule has 9 heteroatoms. The Kier molecular flexibility index (Phi) is 6.35. The molecule has 0 saturated heterocycles. The minimum Gasteiger partial charge on any atom is -0.464 e. The summed E-state index contributed by atoms with van der Waals surface area (Å²) in [5, 5.41) is 3.09. The number of nitrogens with zero attached hydrogens (tertiary/aromatic N) is 3. The van der Waals surface area contributed by atoms with Crippen molar-refractivity contribution >= 4 is 33.5 Å². The van der Waals surface area contributed by atoms with Crippen molar-refractivity contribution in [1.82, 2.24) is 10.2 Å². The molecule has 0 amide bonds. The van der Waals surface area contributed by atoms with E-state index in [9.17, 15) is 8.42 Å². The summed E-state index contributed by atoms with van der Waals surface area (Å²) in [5.41, 5.74) is 1.08. The molecule has 3 rings (SSSR count). The lowest BCUT2D eigenvalue weighted by Crippen LogP contribution is -2.31. The SMILES string of the molecule is CN(C)Cc1ccc(CSCCNC2=NS(=O)(=O)N=C2c2ccccc2)o1. The zero-order valence-corrected chi connectivity index (χ0v) is 16.9. The second-order valence-electron chi connectivity index (χ2n) is 6.28. The van der Waals surface area contributed by atoms with E-state index in [1.165, 1.54) is 0 Å². The van der Waals surface area contributed by atoms with Crippen LogP contribution in [-0.2, 0) is 22.5 Å². The van der Waals surface area contributed by atoms with Gasteiger partial charge in [0.15, 0.2) is 5.84 Å². The second kappa shape index (κ2) is 8.73. The van der Waals surface area contributed by atoms with E-state index in [0.29, 0.717) is 18.1 Å². The molecule has 0 spiro atoms. The van der Waals surface area contributed by atoms with Crippen molar-refractivity contribution in [2.75, 3.05) is 26.4 Å². The van der Waals surface area contributed by atoms with Gasteiger partial charge in [-0.05, 0) is 26.2 Å². The molecule has 0 atom stereocenters. The van der Waals surface area contributed by atoms with E-state index < -0.39 is 10.2 Å². The molecular formula is C18H22N4O3S2. The summed E-state index contributed by atoms with van der Waals surface area (Å²) in [6, 6.07) is 13.2. The largest absolute Gasteiger partial charge is 0.464 e. The molecule has 7 nitrogen and oxygen atoms in total. The summed E-state index contributed by atoms with van der Waals surface area (Å²) in [6.07, 6.45) is 0. The molecule has 1 N–H and O–H groups in total. The predicted molar refractivity (Wildman–Crippen MR) is 110 cm³/mol. The lowest BCUT2D eigenvalue weighted by Gasteiger charge is -2.07. The zero-order chi connectivity index (χ0) is 19.3. The van der Waals surface area contributed by atoms with Crippen LogP contribution in [0.25, 0.3) is 0 Å². The van der Waals surface area contributed by atoms with Gasteiger partial charge in [-0.2, -0.15) is 20.2 Å². The van der Waals surface area contributed by atoms with E-state index in [1.807, 2.05) is 56.6 Å². The van der Waals surface area contributed by atoms with Crippen LogP contribution in [0.1, 0.15) is 17.1 Å². The van der Waals surface area contributed by atoms with Crippen LogP contribution in [0.5, 0.6) is 0 Å². The molecule has 1 aliphatic rings. The number of thioether (sulfide) groups is 1. The molecule has 0 saturated carbocycles. The smallest absolute Gasteiger partial charge is 0.365 e. The lowest BCUT2D eigenvalue weighted by molar-refractivity contribution is 0.344. The van der Waals surface area contributed by atoms with Crippen molar-refractivity contribution < 1.29 is 12.8 Å². The van der Waals surface area contributed by atoms with Gasteiger partial charge in [0.05, 0.1) is 12.3 Å². The molecule has 1 aromatic heterocycles. The van der Waals surface area contributed by atoms with Crippen molar-refractivity contribution in [1.29, 1.82) is 0 Å². The van der Waals surface area contributed by atoms with Crippen LogP contribution in [0.3, 0.4) is 0 Å². The highest BCUT2D eigenvalue weighted by Gasteiger charge is 2.24. The number of amidine groups is 1. The van der Waals surface area contributed by atoms with Crippen LogP contribution in [0.2, 0.25) is 0 Å². The highest BCUT2D eigenvalue weighted by Crippen LogP contribution is 2.16. The molecule has 0 bridgehead atoms. The van der Waals surface area contributed by atoms with Crippen molar-refractivity contribution in [3.8, 4) is 0 Å². The second-order valence-corrected chi connectivity index (χ2v) is 8.64. The Hall–Kier alpha value is -2.10. The van der Waals surface area contributed by atoms with E-state index in [0.717, 1.165) is 35.1 Å². The summed E-state index contributed by atoms with van der Waals surface area (Å²) in [4.78, 5) is 2.06. The number of furan rings is 1. The Morgan fingerprint density at radius 1 is 1.07 bits per heavy atom. The molecule has 2 aromatic rings. The third kappa shape index (κ3) is 5.69. The average molecular weight is 407 g/mol. The van der Waals surface area contributed by atoms with Crippen LogP contribution >= 0.6 is 11.8 Å². The van der Waals surface area contributed by atoms with Gasteiger partial charge in [-0.15, -0.1) is 8.80 Å².